The largest absolute Gasteiger partial charge is 0.354 e. The van der Waals surface area contributed by atoms with Crippen molar-refractivity contribution in [3.05, 3.63) is 36.0 Å². The van der Waals surface area contributed by atoms with Crippen molar-refractivity contribution in [3.63, 3.8) is 0 Å². The molecule has 4 nitrogen and oxygen atoms in total. The lowest BCUT2D eigenvalue weighted by molar-refractivity contribution is 0.586. The highest BCUT2D eigenvalue weighted by Crippen LogP contribution is 2.27. The number of nitrogens with two attached hydrogens (primary N) is 1. The van der Waals surface area contributed by atoms with E-state index in [0.717, 1.165) is 32.0 Å². The van der Waals surface area contributed by atoms with E-state index in [9.17, 15) is 0 Å². The van der Waals surface area contributed by atoms with Crippen LogP contribution in [-0.4, -0.2) is 31.2 Å². The van der Waals surface area contributed by atoms with Gasteiger partial charge in [0.15, 0.2) is 0 Å². The Kier molecular flexibility index (Phi) is 3.13. The Bertz CT molecular complexity index is 541. The first-order valence-electron chi connectivity index (χ1n) is 6.42. The molecule has 94 valence electrons. The van der Waals surface area contributed by atoms with E-state index in [1.807, 2.05) is 6.20 Å². The fourth-order valence-electron chi connectivity index (χ4n) is 2.57. The molecule has 18 heavy (non-hydrogen) atoms. The third-order valence-corrected chi connectivity index (χ3v) is 3.49. The number of rotatable bonds is 2. The lowest BCUT2D eigenvalue weighted by atomic mass is 10.1. The van der Waals surface area contributed by atoms with Crippen LogP contribution in [-0.2, 0) is 6.54 Å². The quantitative estimate of drug-likeness (QED) is 0.828. The first-order chi connectivity index (χ1) is 8.90. The summed E-state index contributed by atoms with van der Waals surface area (Å²) in [6, 6.07) is 8.34. The van der Waals surface area contributed by atoms with Crippen LogP contribution >= 0.6 is 0 Å². The maximum atomic E-state index is 5.86. The highest BCUT2D eigenvalue weighted by Gasteiger charge is 2.15. The van der Waals surface area contributed by atoms with Gasteiger partial charge in [0, 0.05) is 44.3 Å². The number of fused-ring (bicyclic) bond motifs is 1. The number of anilines is 1. The van der Waals surface area contributed by atoms with Crippen LogP contribution < -0.4 is 16.0 Å². The highest BCUT2D eigenvalue weighted by molar-refractivity contribution is 5.95. The van der Waals surface area contributed by atoms with E-state index in [1.54, 1.807) is 0 Å². The Morgan fingerprint density at radius 2 is 2.06 bits per heavy atom. The summed E-state index contributed by atoms with van der Waals surface area (Å²) in [7, 11) is 0. The van der Waals surface area contributed by atoms with Crippen LogP contribution in [0.4, 0.5) is 5.82 Å². The molecule has 2 aromatic rings. The molecule has 0 saturated carbocycles. The maximum absolute atomic E-state index is 5.86. The molecular weight excluding hydrogens is 224 g/mol. The van der Waals surface area contributed by atoms with Gasteiger partial charge in [0.2, 0.25) is 0 Å². The number of hydrogen-bond donors (Lipinski definition) is 2. The van der Waals surface area contributed by atoms with E-state index in [2.05, 4.69) is 39.5 Å². The second kappa shape index (κ2) is 4.92. The van der Waals surface area contributed by atoms with Gasteiger partial charge in [-0.3, -0.25) is 0 Å². The van der Waals surface area contributed by atoms with Gasteiger partial charge in [-0.2, -0.15) is 0 Å². The summed E-state index contributed by atoms with van der Waals surface area (Å²) in [4.78, 5) is 6.93. The molecule has 1 aromatic heterocycles. The van der Waals surface area contributed by atoms with Gasteiger partial charge >= 0.3 is 0 Å². The normalized spacial score (nSPS) is 16.2. The van der Waals surface area contributed by atoms with Gasteiger partial charge in [0.1, 0.15) is 5.82 Å². The van der Waals surface area contributed by atoms with E-state index >= 15 is 0 Å². The van der Waals surface area contributed by atoms with Gasteiger partial charge in [-0.25, -0.2) is 4.98 Å². The third kappa shape index (κ3) is 1.94. The molecule has 0 aliphatic carbocycles. The van der Waals surface area contributed by atoms with E-state index in [0.29, 0.717) is 6.54 Å². The van der Waals surface area contributed by atoms with Crippen LogP contribution in [0.15, 0.2) is 30.5 Å². The zero-order valence-electron chi connectivity index (χ0n) is 10.4. The second-order valence-corrected chi connectivity index (χ2v) is 4.59. The lowest BCUT2D eigenvalue weighted by Gasteiger charge is -2.29. The number of benzene rings is 1. The molecule has 0 bridgehead atoms. The van der Waals surface area contributed by atoms with Crippen LogP contribution in [0.3, 0.4) is 0 Å². The van der Waals surface area contributed by atoms with Gasteiger partial charge in [-0.1, -0.05) is 18.2 Å². The zero-order chi connectivity index (χ0) is 12.4. The van der Waals surface area contributed by atoms with Gasteiger partial charge in [-0.05, 0) is 17.0 Å². The monoisotopic (exact) mass is 242 g/mol. The van der Waals surface area contributed by atoms with Crippen LogP contribution in [0.5, 0.6) is 0 Å². The Labute approximate surface area is 107 Å². The second-order valence-electron chi connectivity index (χ2n) is 4.59. The summed E-state index contributed by atoms with van der Waals surface area (Å²) in [5.74, 6) is 1.08. The minimum atomic E-state index is 0.558. The summed E-state index contributed by atoms with van der Waals surface area (Å²) in [6.07, 6.45) is 1.89. The first-order valence-corrected chi connectivity index (χ1v) is 6.42. The summed E-state index contributed by atoms with van der Waals surface area (Å²) < 4.78 is 0. The molecule has 1 aliphatic rings. The average molecular weight is 242 g/mol. The molecule has 0 unspecified atom stereocenters. The number of nitrogens with zero attached hydrogens (tertiary/aromatic N) is 2. The maximum Gasteiger partial charge on any atom is 0.136 e. The molecule has 3 N–H and O–H groups in total. The van der Waals surface area contributed by atoms with Crippen molar-refractivity contribution < 1.29 is 0 Å². The number of aromatic nitrogens is 1. The van der Waals surface area contributed by atoms with Gasteiger partial charge in [-0.15, -0.1) is 0 Å². The third-order valence-electron chi connectivity index (χ3n) is 3.49. The molecule has 3 rings (SSSR count). The Morgan fingerprint density at radius 3 is 2.83 bits per heavy atom. The molecule has 2 heterocycles. The Morgan fingerprint density at radius 1 is 1.22 bits per heavy atom. The highest BCUT2D eigenvalue weighted by atomic mass is 15.2. The van der Waals surface area contributed by atoms with Crippen LogP contribution in [0.25, 0.3) is 10.8 Å². The van der Waals surface area contributed by atoms with Crippen molar-refractivity contribution in [1.82, 2.24) is 10.3 Å². The fourth-order valence-corrected chi connectivity index (χ4v) is 2.57. The van der Waals surface area contributed by atoms with Crippen molar-refractivity contribution in [1.29, 1.82) is 0 Å². The molecule has 1 aliphatic heterocycles. The number of pyridine rings is 1. The predicted octanol–water partition coefficient (Wildman–Crippen LogP) is 1.10. The summed E-state index contributed by atoms with van der Waals surface area (Å²) >= 11 is 0. The molecule has 0 spiro atoms. The standard InChI is InChI=1S/C14H18N4/c15-10-12-3-1-2-11-4-5-17-14(13(11)12)18-8-6-16-7-9-18/h1-5,16H,6-10,15H2. The van der Waals surface area contributed by atoms with Gasteiger partial charge in [0.25, 0.3) is 0 Å². The number of nitrogens with one attached hydrogen (secondary N) is 1. The average Bonchev–Trinajstić information content (AvgIpc) is 2.47. The van der Waals surface area contributed by atoms with Crippen LogP contribution in [0.1, 0.15) is 5.56 Å². The van der Waals surface area contributed by atoms with Crippen molar-refractivity contribution in [2.45, 2.75) is 6.54 Å². The van der Waals surface area contributed by atoms with E-state index in [1.165, 1.54) is 16.3 Å². The van der Waals surface area contributed by atoms with Crippen molar-refractivity contribution >= 4 is 16.6 Å². The van der Waals surface area contributed by atoms with E-state index in [-0.39, 0.29) is 0 Å². The SMILES string of the molecule is NCc1cccc2ccnc(N3CCNCC3)c12. The smallest absolute Gasteiger partial charge is 0.136 e. The van der Waals surface area contributed by atoms with Crippen LogP contribution in [0, 0.1) is 0 Å². The minimum Gasteiger partial charge on any atom is -0.354 e. The van der Waals surface area contributed by atoms with Crippen molar-refractivity contribution in [3.8, 4) is 0 Å². The molecule has 0 amide bonds. The van der Waals surface area contributed by atoms with E-state index < -0.39 is 0 Å². The Balaban J connectivity index is 2.15. The summed E-state index contributed by atoms with van der Waals surface area (Å²) in [5.41, 5.74) is 7.03. The topological polar surface area (TPSA) is 54.2 Å². The number of piperazine rings is 1. The zero-order valence-corrected chi connectivity index (χ0v) is 10.4. The first kappa shape index (κ1) is 11.4. The van der Waals surface area contributed by atoms with Gasteiger partial charge < -0.3 is 16.0 Å². The predicted molar refractivity (Wildman–Crippen MR) is 74.7 cm³/mol. The molecule has 1 saturated heterocycles. The molecule has 0 atom stereocenters. The minimum absolute atomic E-state index is 0.558. The summed E-state index contributed by atoms with van der Waals surface area (Å²) in [6.45, 7) is 4.60. The number of hydrogen-bond acceptors (Lipinski definition) is 4. The molecule has 1 aromatic carbocycles. The molecule has 4 heteroatoms. The van der Waals surface area contributed by atoms with E-state index in [4.69, 9.17) is 5.73 Å². The summed E-state index contributed by atoms with van der Waals surface area (Å²) in [5, 5.41) is 5.80. The van der Waals surface area contributed by atoms with Gasteiger partial charge in [0.05, 0.1) is 0 Å². The van der Waals surface area contributed by atoms with Crippen molar-refractivity contribution in [2.75, 3.05) is 31.1 Å². The lowest BCUT2D eigenvalue weighted by Crippen LogP contribution is -2.44. The molecular formula is C14H18N4. The van der Waals surface area contributed by atoms with Crippen LogP contribution in [0.2, 0.25) is 0 Å². The molecule has 0 radical (unpaired) electrons. The molecule has 1 fully saturated rings. The van der Waals surface area contributed by atoms with Crippen molar-refractivity contribution in [2.24, 2.45) is 5.73 Å². The fraction of sp³-hybridized carbons (Fsp3) is 0.357. The Hall–Kier alpha value is -1.65.